The first-order chi connectivity index (χ1) is 11.7. The van der Waals surface area contributed by atoms with E-state index in [1.807, 2.05) is 6.92 Å². The van der Waals surface area contributed by atoms with Gasteiger partial charge in [0.1, 0.15) is 6.04 Å². The quantitative estimate of drug-likeness (QED) is 0.791. The fourth-order valence-electron chi connectivity index (χ4n) is 3.57. The molecular weight excluding hydrogens is 373 g/mol. The minimum atomic E-state index is -0.211. The lowest BCUT2D eigenvalue weighted by Gasteiger charge is -2.33. The van der Waals surface area contributed by atoms with Crippen LogP contribution in [-0.2, 0) is 16.1 Å². The highest BCUT2D eigenvalue weighted by atomic mass is 35.5. The van der Waals surface area contributed by atoms with Crippen LogP contribution in [0.3, 0.4) is 0 Å². The van der Waals surface area contributed by atoms with Crippen molar-refractivity contribution in [1.29, 1.82) is 0 Å². The predicted molar refractivity (Wildman–Crippen MR) is 109 cm³/mol. The summed E-state index contributed by atoms with van der Waals surface area (Å²) in [5.74, 6) is 0.662. The minimum Gasteiger partial charge on any atom is -0.375 e. The van der Waals surface area contributed by atoms with Gasteiger partial charge in [0.05, 0.1) is 12.7 Å². The summed E-state index contributed by atoms with van der Waals surface area (Å²) in [6.45, 7) is 7.42. The van der Waals surface area contributed by atoms with E-state index in [9.17, 15) is 4.79 Å². The molecular formula is C19H31Cl2N3O2. The molecule has 1 aromatic carbocycles. The fraction of sp³-hybridized carbons (Fsp3) is 0.632. The second-order valence-electron chi connectivity index (χ2n) is 6.96. The molecule has 5 nitrogen and oxygen atoms in total. The molecule has 1 amide bonds. The molecule has 2 N–H and O–H groups in total. The van der Waals surface area contributed by atoms with Crippen LogP contribution in [0.1, 0.15) is 25.3 Å². The molecule has 2 atom stereocenters. The number of hydrogen-bond acceptors (Lipinski definition) is 4. The molecule has 2 fully saturated rings. The van der Waals surface area contributed by atoms with Crippen molar-refractivity contribution in [3.8, 4) is 0 Å². The van der Waals surface area contributed by atoms with E-state index in [1.165, 1.54) is 5.56 Å². The monoisotopic (exact) mass is 403 g/mol. The van der Waals surface area contributed by atoms with Crippen LogP contribution in [0.2, 0.25) is 0 Å². The van der Waals surface area contributed by atoms with Gasteiger partial charge < -0.3 is 15.4 Å². The Bertz CT molecular complexity index is 525. The molecule has 0 radical (unpaired) electrons. The highest BCUT2D eigenvalue weighted by Gasteiger charge is 2.29. The summed E-state index contributed by atoms with van der Waals surface area (Å²) in [6, 6.07) is 10.4. The maximum atomic E-state index is 12.3. The third kappa shape index (κ3) is 6.71. The van der Waals surface area contributed by atoms with E-state index < -0.39 is 0 Å². The maximum Gasteiger partial charge on any atom is 0.239 e. The van der Waals surface area contributed by atoms with Crippen LogP contribution in [0.4, 0.5) is 0 Å². The largest absolute Gasteiger partial charge is 0.375 e. The second-order valence-corrected chi connectivity index (χ2v) is 6.96. The van der Waals surface area contributed by atoms with Crippen LogP contribution in [-0.4, -0.2) is 55.7 Å². The van der Waals surface area contributed by atoms with Crippen molar-refractivity contribution in [2.45, 2.75) is 38.5 Å². The Morgan fingerprint density at radius 2 is 1.92 bits per heavy atom. The molecule has 2 aliphatic heterocycles. The van der Waals surface area contributed by atoms with Crippen LogP contribution in [0.15, 0.2) is 30.3 Å². The van der Waals surface area contributed by atoms with Gasteiger partial charge in [-0.2, -0.15) is 0 Å². The smallest absolute Gasteiger partial charge is 0.239 e. The van der Waals surface area contributed by atoms with Crippen molar-refractivity contribution in [1.82, 2.24) is 15.5 Å². The number of amides is 1. The number of likely N-dealkylation sites (tertiary alicyclic amines) is 1. The van der Waals surface area contributed by atoms with Crippen molar-refractivity contribution in [3.05, 3.63) is 35.9 Å². The number of halogens is 2. The zero-order chi connectivity index (χ0) is 16.8. The summed E-state index contributed by atoms with van der Waals surface area (Å²) in [5.41, 5.74) is 1.38. The maximum absolute atomic E-state index is 12.3. The molecule has 26 heavy (non-hydrogen) atoms. The van der Waals surface area contributed by atoms with Gasteiger partial charge in [0.2, 0.25) is 5.91 Å². The molecule has 0 aromatic heterocycles. The number of ether oxygens (including phenoxy) is 1. The van der Waals surface area contributed by atoms with Crippen LogP contribution >= 0.6 is 24.8 Å². The number of piperidine rings is 1. The Labute approximate surface area is 169 Å². The number of hydrogen-bond donors (Lipinski definition) is 2. The number of morpholine rings is 1. The molecule has 1 aromatic rings. The lowest BCUT2D eigenvalue weighted by molar-refractivity contribution is -0.129. The van der Waals surface area contributed by atoms with Gasteiger partial charge in [-0.05, 0) is 44.3 Å². The predicted octanol–water partition coefficient (Wildman–Crippen LogP) is 2.24. The SMILES string of the molecule is C[C@H]1OCCN[C@@H]1C(=O)NCC1CCN(Cc2ccccc2)CC1.Cl.Cl. The number of carbonyl (C=O) groups excluding carboxylic acids is 1. The van der Waals surface area contributed by atoms with E-state index in [2.05, 4.69) is 45.9 Å². The van der Waals surface area contributed by atoms with E-state index in [1.54, 1.807) is 0 Å². The molecule has 0 bridgehead atoms. The molecule has 2 saturated heterocycles. The summed E-state index contributed by atoms with van der Waals surface area (Å²) in [4.78, 5) is 14.8. The highest BCUT2D eigenvalue weighted by Crippen LogP contribution is 2.18. The summed E-state index contributed by atoms with van der Waals surface area (Å²) >= 11 is 0. The van der Waals surface area contributed by atoms with Crippen LogP contribution in [0.25, 0.3) is 0 Å². The summed E-state index contributed by atoms with van der Waals surface area (Å²) < 4.78 is 5.54. The Hall–Kier alpha value is -0.850. The Morgan fingerprint density at radius 1 is 1.23 bits per heavy atom. The van der Waals surface area contributed by atoms with Crippen molar-refractivity contribution < 1.29 is 9.53 Å². The van der Waals surface area contributed by atoms with E-state index in [4.69, 9.17) is 4.74 Å². The Kier molecular flexibility index (Phi) is 10.5. The first-order valence-electron chi connectivity index (χ1n) is 9.11. The average molecular weight is 404 g/mol. The van der Waals surface area contributed by atoms with Gasteiger partial charge in [-0.1, -0.05) is 30.3 Å². The summed E-state index contributed by atoms with van der Waals surface area (Å²) in [7, 11) is 0. The summed E-state index contributed by atoms with van der Waals surface area (Å²) in [6.07, 6.45) is 2.25. The van der Waals surface area contributed by atoms with E-state index in [-0.39, 0.29) is 42.9 Å². The lowest BCUT2D eigenvalue weighted by Crippen LogP contribution is -2.56. The van der Waals surface area contributed by atoms with Crippen molar-refractivity contribution >= 4 is 30.7 Å². The number of benzene rings is 1. The molecule has 148 valence electrons. The standard InChI is InChI=1S/C19H29N3O2.2ClH/c1-15-18(20-9-12-24-15)19(23)21-13-16-7-10-22(11-8-16)14-17-5-3-2-4-6-17;;/h2-6,15-16,18,20H,7-14H2,1H3,(H,21,23);2*1H/t15-,18+;;/m1../s1. The van der Waals surface area contributed by atoms with E-state index in [0.29, 0.717) is 12.5 Å². The third-order valence-corrected chi connectivity index (χ3v) is 5.12. The minimum absolute atomic E-state index is 0. The van der Waals surface area contributed by atoms with Gasteiger partial charge >= 0.3 is 0 Å². The molecule has 2 aliphatic rings. The van der Waals surface area contributed by atoms with Crippen molar-refractivity contribution in [2.75, 3.05) is 32.8 Å². The van der Waals surface area contributed by atoms with Gasteiger partial charge in [0.25, 0.3) is 0 Å². The number of rotatable bonds is 5. The van der Waals surface area contributed by atoms with Gasteiger partial charge in [-0.15, -0.1) is 24.8 Å². The molecule has 3 rings (SSSR count). The molecule has 7 heteroatoms. The van der Waals surface area contributed by atoms with Crippen LogP contribution in [0, 0.1) is 5.92 Å². The topological polar surface area (TPSA) is 53.6 Å². The summed E-state index contributed by atoms with van der Waals surface area (Å²) in [5, 5.41) is 6.36. The van der Waals surface area contributed by atoms with Crippen LogP contribution in [0.5, 0.6) is 0 Å². The van der Waals surface area contributed by atoms with Gasteiger partial charge in [-0.3, -0.25) is 9.69 Å². The first kappa shape index (κ1) is 23.2. The third-order valence-electron chi connectivity index (χ3n) is 5.12. The van der Waals surface area contributed by atoms with E-state index in [0.717, 1.165) is 45.6 Å². The average Bonchev–Trinajstić information content (AvgIpc) is 2.62. The number of nitrogens with zero attached hydrogens (tertiary/aromatic N) is 1. The van der Waals surface area contributed by atoms with Gasteiger partial charge in [-0.25, -0.2) is 0 Å². The molecule has 0 spiro atoms. The Balaban J connectivity index is 0.00000169. The zero-order valence-corrected chi connectivity index (χ0v) is 17.0. The van der Waals surface area contributed by atoms with Gasteiger partial charge in [0, 0.05) is 19.6 Å². The Morgan fingerprint density at radius 3 is 2.58 bits per heavy atom. The zero-order valence-electron chi connectivity index (χ0n) is 15.4. The number of carbonyl (C=O) groups is 1. The highest BCUT2D eigenvalue weighted by molar-refractivity contribution is 5.85. The molecule has 2 heterocycles. The van der Waals surface area contributed by atoms with E-state index >= 15 is 0 Å². The molecule has 0 unspecified atom stereocenters. The molecule has 0 saturated carbocycles. The van der Waals surface area contributed by atoms with Crippen molar-refractivity contribution in [3.63, 3.8) is 0 Å². The lowest BCUT2D eigenvalue weighted by atomic mass is 9.96. The first-order valence-corrected chi connectivity index (χ1v) is 9.11. The number of nitrogens with one attached hydrogen (secondary N) is 2. The second kappa shape index (κ2) is 11.8. The normalized spacial score (nSPS) is 24.2. The van der Waals surface area contributed by atoms with Gasteiger partial charge in [0.15, 0.2) is 0 Å². The molecule has 0 aliphatic carbocycles. The van der Waals surface area contributed by atoms with Crippen LogP contribution < -0.4 is 10.6 Å². The van der Waals surface area contributed by atoms with Crippen molar-refractivity contribution in [2.24, 2.45) is 5.92 Å². The fourth-order valence-corrected chi connectivity index (χ4v) is 3.57.